The highest BCUT2D eigenvalue weighted by molar-refractivity contribution is 5.09. The normalized spacial score (nSPS) is 18.6. The molecule has 9 heteroatoms. The van der Waals surface area contributed by atoms with Crippen LogP contribution in [0.25, 0.3) is 0 Å². The van der Waals surface area contributed by atoms with E-state index >= 15 is 0 Å². The Kier molecular flexibility index (Phi) is 5.27. The smallest absolute Gasteiger partial charge is 0.231 e. The van der Waals surface area contributed by atoms with E-state index in [0.717, 1.165) is 12.7 Å². The Bertz CT molecular complexity index is 569. The van der Waals surface area contributed by atoms with Gasteiger partial charge in [0.05, 0.1) is 18.4 Å². The average Bonchev–Trinajstić information content (AvgIpc) is 3.16. The fraction of sp³-hybridized carbons (Fsp3) is 0.538. The first-order chi connectivity index (χ1) is 10.4. The fourth-order valence-corrected chi connectivity index (χ4v) is 1.87. The molecule has 0 aliphatic heterocycles. The van der Waals surface area contributed by atoms with Crippen LogP contribution in [-0.2, 0) is 0 Å². The van der Waals surface area contributed by atoms with Crippen molar-refractivity contribution in [1.82, 2.24) is 9.97 Å². The third kappa shape index (κ3) is 3.70. The SMILES string of the molecule is C[C@@H](O)[C@H](O)[C@H](O)C[C@H](O)c1coc([C@@H](O)c2cnco2)n1. The Hall–Kier alpha value is -1.78. The summed E-state index contributed by atoms with van der Waals surface area (Å²) in [5.74, 6) is 0.0313. The third-order valence-electron chi connectivity index (χ3n) is 3.19. The van der Waals surface area contributed by atoms with Crippen LogP contribution in [0, 0.1) is 0 Å². The van der Waals surface area contributed by atoms with Crippen molar-refractivity contribution in [2.45, 2.75) is 43.9 Å². The Morgan fingerprint density at radius 1 is 1.14 bits per heavy atom. The second kappa shape index (κ2) is 6.99. The highest BCUT2D eigenvalue weighted by Gasteiger charge is 2.27. The molecule has 0 saturated heterocycles. The lowest BCUT2D eigenvalue weighted by Gasteiger charge is -2.21. The van der Waals surface area contributed by atoms with Crippen molar-refractivity contribution in [2.75, 3.05) is 0 Å². The minimum Gasteiger partial charge on any atom is -0.445 e. The maximum atomic E-state index is 9.95. The summed E-state index contributed by atoms with van der Waals surface area (Å²) in [7, 11) is 0. The van der Waals surface area contributed by atoms with E-state index in [1.807, 2.05) is 0 Å². The summed E-state index contributed by atoms with van der Waals surface area (Å²) < 4.78 is 9.98. The molecule has 2 heterocycles. The number of hydrogen-bond acceptors (Lipinski definition) is 9. The zero-order valence-corrected chi connectivity index (χ0v) is 11.8. The standard InChI is InChI=1S/C13H18N2O7/c1-6(16)11(19)9(18)2-8(17)7-4-21-13(15-7)12(20)10-3-14-5-22-10/h3-6,8-9,11-12,16-20H,2H2,1H3/t6-,8+,9-,11+,12+/m1/s1. The molecule has 2 aromatic heterocycles. The van der Waals surface area contributed by atoms with Crippen molar-refractivity contribution in [3.8, 4) is 0 Å². The van der Waals surface area contributed by atoms with Crippen molar-refractivity contribution in [3.63, 3.8) is 0 Å². The molecule has 5 atom stereocenters. The van der Waals surface area contributed by atoms with Crippen LogP contribution in [0.4, 0.5) is 0 Å². The molecular formula is C13H18N2O7. The Balaban J connectivity index is 2.01. The summed E-state index contributed by atoms with van der Waals surface area (Å²) in [5, 5.41) is 48.2. The predicted molar refractivity (Wildman–Crippen MR) is 70.3 cm³/mol. The quantitative estimate of drug-likeness (QED) is 0.445. The Labute approximate surface area is 125 Å². The first kappa shape index (κ1) is 16.6. The van der Waals surface area contributed by atoms with E-state index in [-0.39, 0.29) is 23.8 Å². The molecule has 0 fully saturated rings. The maximum absolute atomic E-state index is 9.95. The van der Waals surface area contributed by atoms with Crippen LogP contribution in [0.15, 0.2) is 27.7 Å². The predicted octanol–water partition coefficient (Wildman–Crippen LogP) is -0.730. The Morgan fingerprint density at radius 3 is 2.45 bits per heavy atom. The van der Waals surface area contributed by atoms with Crippen molar-refractivity contribution < 1.29 is 34.4 Å². The van der Waals surface area contributed by atoms with Gasteiger partial charge >= 0.3 is 0 Å². The lowest BCUT2D eigenvalue weighted by molar-refractivity contribution is -0.0679. The summed E-state index contributed by atoms with van der Waals surface area (Å²) in [6.07, 6.45) is -3.05. The first-order valence-electron chi connectivity index (χ1n) is 6.64. The highest BCUT2D eigenvalue weighted by Crippen LogP contribution is 2.25. The number of oxazole rings is 2. The molecule has 0 radical (unpaired) electrons. The topological polar surface area (TPSA) is 153 Å². The molecule has 0 saturated carbocycles. The van der Waals surface area contributed by atoms with E-state index < -0.39 is 30.5 Å². The largest absolute Gasteiger partial charge is 0.445 e. The molecule has 22 heavy (non-hydrogen) atoms. The summed E-state index contributed by atoms with van der Waals surface area (Å²) in [5.41, 5.74) is 0.0745. The van der Waals surface area contributed by atoms with Crippen LogP contribution in [0.3, 0.4) is 0 Å². The van der Waals surface area contributed by atoms with Crippen molar-refractivity contribution in [3.05, 3.63) is 36.2 Å². The Morgan fingerprint density at radius 2 is 1.86 bits per heavy atom. The van der Waals surface area contributed by atoms with Gasteiger partial charge in [-0.1, -0.05) is 0 Å². The summed E-state index contributed by atoms with van der Waals surface area (Å²) in [4.78, 5) is 7.57. The van der Waals surface area contributed by atoms with Crippen molar-refractivity contribution in [1.29, 1.82) is 0 Å². The molecule has 0 aromatic carbocycles. The average molecular weight is 314 g/mol. The van der Waals surface area contributed by atoms with Crippen molar-refractivity contribution in [2.24, 2.45) is 0 Å². The van der Waals surface area contributed by atoms with Gasteiger partial charge in [0.1, 0.15) is 24.2 Å². The molecule has 9 nitrogen and oxygen atoms in total. The summed E-state index contributed by atoms with van der Waals surface area (Å²) in [6.45, 7) is 1.32. The molecule has 2 aromatic rings. The fourth-order valence-electron chi connectivity index (χ4n) is 1.87. The van der Waals surface area contributed by atoms with Crippen LogP contribution in [-0.4, -0.2) is 53.8 Å². The van der Waals surface area contributed by atoms with E-state index in [2.05, 4.69) is 9.97 Å². The van der Waals surface area contributed by atoms with Gasteiger partial charge in [0, 0.05) is 6.42 Å². The van der Waals surface area contributed by atoms with Gasteiger partial charge in [-0.25, -0.2) is 9.97 Å². The van der Waals surface area contributed by atoms with Gasteiger partial charge in [0.2, 0.25) is 5.89 Å². The molecule has 0 aliphatic carbocycles. The molecule has 122 valence electrons. The van der Waals surface area contributed by atoms with Gasteiger partial charge < -0.3 is 34.4 Å². The molecule has 0 spiro atoms. The molecule has 0 amide bonds. The molecule has 0 unspecified atom stereocenters. The van der Waals surface area contributed by atoms with Gasteiger partial charge in [0.15, 0.2) is 18.3 Å². The van der Waals surface area contributed by atoms with Crippen LogP contribution < -0.4 is 0 Å². The number of rotatable bonds is 7. The monoisotopic (exact) mass is 314 g/mol. The molecule has 0 bridgehead atoms. The molecule has 5 N–H and O–H groups in total. The summed E-state index contributed by atoms with van der Waals surface area (Å²) >= 11 is 0. The van der Waals surface area contributed by atoms with E-state index in [0.29, 0.717) is 0 Å². The maximum Gasteiger partial charge on any atom is 0.231 e. The number of aliphatic hydroxyl groups is 5. The van der Waals surface area contributed by atoms with E-state index in [9.17, 15) is 25.5 Å². The zero-order chi connectivity index (χ0) is 16.3. The van der Waals surface area contributed by atoms with E-state index in [1.165, 1.54) is 13.1 Å². The van der Waals surface area contributed by atoms with Crippen LogP contribution >= 0.6 is 0 Å². The van der Waals surface area contributed by atoms with E-state index in [1.54, 1.807) is 0 Å². The second-order valence-electron chi connectivity index (χ2n) is 4.97. The van der Waals surface area contributed by atoms with E-state index in [4.69, 9.17) is 8.83 Å². The second-order valence-corrected chi connectivity index (χ2v) is 4.97. The number of aromatic nitrogens is 2. The number of aliphatic hydroxyl groups excluding tert-OH is 5. The lowest BCUT2D eigenvalue weighted by Crippen LogP contribution is -2.36. The van der Waals surface area contributed by atoms with Crippen molar-refractivity contribution >= 4 is 0 Å². The number of nitrogens with zero attached hydrogens (tertiary/aromatic N) is 2. The zero-order valence-electron chi connectivity index (χ0n) is 11.8. The highest BCUT2D eigenvalue weighted by atomic mass is 16.4. The van der Waals surface area contributed by atoms with Gasteiger partial charge in [-0.15, -0.1) is 0 Å². The molecule has 2 rings (SSSR count). The minimum absolute atomic E-state index is 0.0745. The van der Waals surface area contributed by atoms with Gasteiger partial charge in [-0.3, -0.25) is 0 Å². The molecular weight excluding hydrogens is 296 g/mol. The van der Waals surface area contributed by atoms with Crippen LogP contribution in [0.5, 0.6) is 0 Å². The molecule has 0 aliphatic rings. The first-order valence-corrected chi connectivity index (χ1v) is 6.64. The van der Waals surface area contributed by atoms with Gasteiger partial charge in [-0.2, -0.15) is 0 Å². The number of hydrogen-bond donors (Lipinski definition) is 5. The summed E-state index contributed by atoms with van der Waals surface area (Å²) in [6, 6.07) is 0. The lowest BCUT2D eigenvalue weighted by atomic mass is 10.0. The van der Waals surface area contributed by atoms with Crippen LogP contribution in [0.2, 0.25) is 0 Å². The minimum atomic E-state index is -1.39. The van der Waals surface area contributed by atoms with Gasteiger partial charge in [0.25, 0.3) is 0 Å². The van der Waals surface area contributed by atoms with Gasteiger partial charge in [-0.05, 0) is 6.92 Å². The third-order valence-corrected chi connectivity index (χ3v) is 3.19. The van der Waals surface area contributed by atoms with Crippen LogP contribution in [0.1, 0.15) is 42.9 Å².